The molecule has 2 aliphatic rings. The number of aromatic nitrogens is 1. The Morgan fingerprint density at radius 2 is 2.08 bits per heavy atom. The first-order chi connectivity index (χ1) is 12.0. The molecule has 2 fully saturated rings. The van der Waals surface area contributed by atoms with Gasteiger partial charge in [-0.2, -0.15) is 0 Å². The van der Waals surface area contributed by atoms with Crippen molar-refractivity contribution in [2.75, 3.05) is 30.3 Å². The summed E-state index contributed by atoms with van der Waals surface area (Å²) >= 11 is 6.18. The monoisotopic (exact) mass is 359 g/mol. The smallest absolute Gasteiger partial charge is 0.132 e. The number of nitrogens with two attached hydrogens (primary N) is 1. The molecular weight excluding hydrogens is 341 g/mol. The lowest BCUT2D eigenvalue weighted by atomic mass is 10.1. The first-order valence-electron chi connectivity index (χ1n) is 8.27. The van der Waals surface area contributed by atoms with E-state index in [4.69, 9.17) is 22.7 Å². The lowest BCUT2D eigenvalue weighted by molar-refractivity contribution is 0.258. The highest BCUT2D eigenvalue weighted by Gasteiger charge is 2.52. The number of benzene rings is 1. The van der Waals surface area contributed by atoms with Crippen molar-refractivity contribution in [1.29, 1.82) is 5.41 Å². The second kappa shape index (κ2) is 5.88. The number of nitrogens with one attached hydrogen (secondary N) is 1. The summed E-state index contributed by atoms with van der Waals surface area (Å²) in [5.41, 5.74) is 6.48. The number of rotatable bonds is 2. The second-order valence-electron chi connectivity index (χ2n) is 6.69. The van der Waals surface area contributed by atoms with Crippen LogP contribution in [0.2, 0.25) is 5.02 Å². The fourth-order valence-corrected chi connectivity index (χ4v) is 3.92. The van der Waals surface area contributed by atoms with E-state index >= 15 is 0 Å². The highest BCUT2D eigenvalue weighted by molar-refractivity contribution is 6.34. The van der Waals surface area contributed by atoms with E-state index in [0.717, 1.165) is 31.7 Å². The van der Waals surface area contributed by atoms with Crippen molar-refractivity contribution in [2.45, 2.75) is 18.4 Å². The van der Waals surface area contributed by atoms with Crippen LogP contribution in [-0.4, -0.2) is 40.9 Å². The van der Waals surface area contributed by atoms with Crippen LogP contribution in [0.15, 0.2) is 36.5 Å². The van der Waals surface area contributed by atoms with Gasteiger partial charge in [-0.05, 0) is 37.1 Å². The van der Waals surface area contributed by atoms with Crippen LogP contribution in [0.1, 0.15) is 18.4 Å². The minimum absolute atomic E-state index is 0.0863. The van der Waals surface area contributed by atoms with Gasteiger partial charge in [0.15, 0.2) is 0 Å². The molecule has 4 rings (SSSR count). The van der Waals surface area contributed by atoms with Crippen molar-refractivity contribution >= 4 is 28.9 Å². The van der Waals surface area contributed by atoms with Gasteiger partial charge in [0.25, 0.3) is 0 Å². The molecule has 7 heteroatoms. The minimum Gasteiger partial charge on any atom is -0.398 e. The zero-order valence-corrected chi connectivity index (χ0v) is 14.4. The van der Waals surface area contributed by atoms with Crippen molar-refractivity contribution in [1.82, 2.24) is 9.88 Å². The molecule has 1 saturated heterocycles. The standard InChI is InChI=1S/C18H19ClFN5/c19-13-9-12(20)10-14(21)16(13)17(22)25-8-7-24(11-18(25)4-5-18)15-3-1-2-6-23-15/h1-3,6,9-10,22H,4-5,7-8,11,21H2. The van der Waals surface area contributed by atoms with E-state index < -0.39 is 5.82 Å². The highest BCUT2D eigenvalue weighted by atomic mass is 35.5. The number of amidine groups is 1. The Balaban J connectivity index is 1.60. The van der Waals surface area contributed by atoms with E-state index in [1.807, 2.05) is 18.2 Å². The summed E-state index contributed by atoms with van der Waals surface area (Å²) in [6, 6.07) is 8.33. The maximum absolute atomic E-state index is 13.5. The molecular formula is C18H19ClFN5. The molecule has 3 N–H and O–H groups in total. The molecule has 1 aromatic carbocycles. The molecule has 25 heavy (non-hydrogen) atoms. The Kier molecular flexibility index (Phi) is 3.80. The molecule has 1 spiro atoms. The molecule has 1 aromatic heterocycles. The van der Waals surface area contributed by atoms with Crippen LogP contribution in [0.5, 0.6) is 0 Å². The van der Waals surface area contributed by atoms with Crippen molar-refractivity contribution < 1.29 is 4.39 Å². The van der Waals surface area contributed by atoms with Gasteiger partial charge in [-0.1, -0.05) is 17.7 Å². The van der Waals surface area contributed by atoms with Crippen LogP contribution >= 0.6 is 11.6 Å². The minimum atomic E-state index is -0.486. The molecule has 1 aliphatic heterocycles. The number of pyridine rings is 1. The quantitative estimate of drug-likeness (QED) is 0.491. The predicted molar refractivity (Wildman–Crippen MR) is 97.8 cm³/mol. The zero-order valence-electron chi connectivity index (χ0n) is 13.7. The molecule has 130 valence electrons. The summed E-state index contributed by atoms with van der Waals surface area (Å²) < 4.78 is 13.5. The van der Waals surface area contributed by atoms with Crippen molar-refractivity contribution in [2.24, 2.45) is 0 Å². The van der Waals surface area contributed by atoms with E-state index in [2.05, 4.69) is 14.8 Å². The number of halogens is 2. The third-order valence-corrected chi connectivity index (χ3v) is 5.34. The number of anilines is 2. The third-order valence-electron chi connectivity index (χ3n) is 5.04. The van der Waals surface area contributed by atoms with Gasteiger partial charge in [0, 0.05) is 31.5 Å². The largest absolute Gasteiger partial charge is 0.398 e. The maximum atomic E-state index is 13.5. The van der Waals surface area contributed by atoms with Crippen molar-refractivity contribution in [3.63, 3.8) is 0 Å². The van der Waals surface area contributed by atoms with Gasteiger partial charge in [0.1, 0.15) is 17.5 Å². The molecule has 5 nitrogen and oxygen atoms in total. The number of hydrogen-bond donors (Lipinski definition) is 2. The average molecular weight is 360 g/mol. The first kappa shape index (κ1) is 16.1. The van der Waals surface area contributed by atoms with Crippen molar-refractivity contribution in [3.8, 4) is 0 Å². The summed E-state index contributed by atoms with van der Waals surface area (Å²) in [6.07, 6.45) is 3.82. The van der Waals surface area contributed by atoms with Crippen LogP contribution in [0.3, 0.4) is 0 Å². The molecule has 0 amide bonds. The van der Waals surface area contributed by atoms with Crippen LogP contribution in [-0.2, 0) is 0 Å². The molecule has 1 saturated carbocycles. The van der Waals surface area contributed by atoms with Crippen LogP contribution in [0, 0.1) is 11.2 Å². The summed E-state index contributed by atoms with van der Waals surface area (Å²) in [6.45, 7) is 2.26. The van der Waals surface area contributed by atoms with Gasteiger partial charge in [0.2, 0.25) is 0 Å². The maximum Gasteiger partial charge on any atom is 0.132 e. The fraction of sp³-hybridized carbons (Fsp3) is 0.333. The second-order valence-corrected chi connectivity index (χ2v) is 7.09. The SMILES string of the molecule is N=C(c1c(N)cc(F)cc1Cl)N1CCN(c2ccccn2)CC12CC2. The van der Waals surface area contributed by atoms with E-state index in [1.165, 1.54) is 12.1 Å². The van der Waals surface area contributed by atoms with Crippen LogP contribution in [0.4, 0.5) is 15.9 Å². The van der Waals surface area contributed by atoms with Gasteiger partial charge in [-0.15, -0.1) is 0 Å². The predicted octanol–water partition coefficient (Wildman–Crippen LogP) is 3.14. The Hall–Kier alpha value is -2.34. The molecule has 2 aromatic rings. The summed E-state index contributed by atoms with van der Waals surface area (Å²) in [4.78, 5) is 8.76. The number of hydrogen-bond acceptors (Lipinski definition) is 4. The molecule has 0 atom stereocenters. The molecule has 0 bridgehead atoms. The Morgan fingerprint density at radius 3 is 2.72 bits per heavy atom. The van der Waals surface area contributed by atoms with Gasteiger partial charge in [-0.3, -0.25) is 5.41 Å². The fourth-order valence-electron chi connectivity index (χ4n) is 3.61. The number of nitrogen functional groups attached to an aromatic ring is 1. The van der Waals surface area contributed by atoms with E-state index in [-0.39, 0.29) is 22.1 Å². The van der Waals surface area contributed by atoms with Gasteiger partial charge in [0.05, 0.1) is 16.1 Å². The lowest BCUT2D eigenvalue weighted by Gasteiger charge is -2.44. The number of piperazine rings is 1. The Bertz CT molecular complexity index is 798. The molecule has 1 aliphatic carbocycles. The van der Waals surface area contributed by atoms with Crippen LogP contribution < -0.4 is 10.6 Å². The normalized spacial score (nSPS) is 18.5. The summed E-state index contributed by atoms with van der Waals surface area (Å²) in [7, 11) is 0. The van der Waals surface area contributed by atoms with E-state index in [0.29, 0.717) is 12.1 Å². The first-order valence-corrected chi connectivity index (χ1v) is 8.65. The lowest BCUT2D eigenvalue weighted by Crippen LogP contribution is -2.57. The number of nitrogens with zero attached hydrogens (tertiary/aromatic N) is 3. The van der Waals surface area contributed by atoms with Gasteiger partial charge < -0.3 is 15.5 Å². The van der Waals surface area contributed by atoms with Crippen molar-refractivity contribution in [3.05, 3.63) is 52.9 Å². The topological polar surface area (TPSA) is 69.2 Å². The van der Waals surface area contributed by atoms with Gasteiger partial charge >= 0.3 is 0 Å². The average Bonchev–Trinajstić information content (AvgIpc) is 3.34. The highest BCUT2D eigenvalue weighted by Crippen LogP contribution is 2.46. The van der Waals surface area contributed by atoms with Crippen LogP contribution in [0.25, 0.3) is 0 Å². The van der Waals surface area contributed by atoms with E-state index in [9.17, 15) is 4.39 Å². The van der Waals surface area contributed by atoms with Gasteiger partial charge in [-0.25, -0.2) is 9.37 Å². The molecule has 0 unspecified atom stereocenters. The summed E-state index contributed by atoms with van der Waals surface area (Å²) in [5, 5.41) is 8.83. The van der Waals surface area contributed by atoms with E-state index in [1.54, 1.807) is 6.20 Å². The Morgan fingerprint density at radius 1 is 1.28 bits per heavy atom. The third kappa shape index (κ3) is 2.80. The molecule has 0 radical (unpaired) electrons. The molecule has 2 heterocycles. The summed E-state index contributed by atoms with van der Waals surface area (Å²) in [5.74, 6) is 0.750. The Labute approximate surface area is 150 Å². The zero-order chi connectivity index (χ0) is 17.6.